The molecule has 3 aromatic carbocycles. The molecule has 0 saturated carbocycles. The number of alkyl halides is 26. The summed E-state index contributed by atoms with van der Waals surface area (Å²) in [5.74, 6) is -76.2. The predicted octanol–water partition coefficient (Wildman–Crippen LogP) is 19.3. The second-order valence-corrected chi connectivity index (χ2v) is 19.6. The van der Waals surface area contributed by atoms with E-state index in [4.69, 9.17) is 0 Å². The number of thiophene rings is 4. The van der Waals surface area contributed by atoms with Crippen LogP contribution >= 0.6 is 45.3 Å². The minimum absolute atomic E-state index is 0.0300. The molecule has 30 heteroatoms. The van der Waals surface area contributed by atoms with Crippen molar-refractivity contribution in [1.82, 2.24) is 0 Å². The van der Waals surface area contributed by atoms with E-state index in [0.717, 1.165) is 22.7 Å². The number of hydrogen-bond acceptors (Lipinski definition) is 4. The molecule has 0 radical (unpaired) electrons. The van der Waals surface area contributed by atoms with E-state index in [2.05, 4.69) is 0 Å². The summed E-state index contributed by atoms with van der Waals surface area (Å²) in [6.07, 6.45) is -15.2. The van der Waals surface area contributed by atoms with Crippen LogP contribution in [-0.2, 0) is 11.8 Å². The van der Waals surface area contributed by atoms with Crippen LogP contribution in [0.2, 0.25) is 0 Å². The van der Waals surface area contributed by atoms with Crippen molar-refractivity contribution in [2.75, 3.05) is 0 Å². The number of rotatable bonds is 14. The van der Waals surface area contributed by atoms with Gasteiger partial charge in [0.25, 0.3) is 0 Å². The molecule has 0 nitrogen and oxygen atoms in total. The number of halogens is 26. The largest absolute Gasteiger partial charge is 0.460 e. The van der Waals surface area contributed by atoms with Gasteiger partial charge in [-0.05, 0) is 70.1 Å². The van der Waals surface area contributed by atoms with E-state index in [9.17, 15) is 96.6 Å². The molecular formula is C42H16F26S4. The lowest BCUT2D eigenvalue weighted by Gasteiger charge is -2.39. The van der Waals surface area contributed by atoms with Gasteiger partial charge in [0.1, 0.15) is 0 Å². The van der Waals surface area contributed by atoms with Crippen molar-refractivity contribution < 1.29 is 114 Å². The zero-order chi connectivity index (χ0) is 54.2. The van der Waals surface area contributed by atoms with Crippen molar-refractivity contribution in [3.63, 3.8) is 0 Å². The van der Waals surface area contributed by atoms with Gasteiger partial charge in [-0.2, -0.15) is 114 Å². The Balaban J connectivity index is 1.24. The van der Waals surface area contributed by atoms with Gasteiger partial charge in [0, 0.05) is 40.4 Å². The Morgan fingerprint density at radius 2 is 0.444 bits per heavy atom. The second-order valence-electron chi connectivity index (χ2n) is 15.2. The van der Waals surface area contributed by atoms with Crippen LogP contribution in [0.3, 0.4) is 0 Å². The highest BCUT2D eigenvalue weighted by molar-refractivity contribution is 7.24. The summed E-state index contributed by atoms with van der Waals surface area (Å²) in [6.45, 7) is 0. The average Bonchev–Trinajstić information content (AvgIpc) is 4.12. The Morgan fingerprint density at radius 3 is 0.708 bits per heavy atom. The third kappa shape index (κ3) is 7.66. The first-order valence-corrected chi connectivity index (χ1v) is 22.1. The van der Waals surface area contributed by atoms with Crippen LogP contribution in [0.15, 0.2) is 97.1 Å². The molecule has 0 atom stereocenters. The molecule has 0 unspecified atom stereocenters. The Bertz CT molecular complexity index is 2890. The lowest BCUT2D eigenvalue weighted by atomic mass is 9.90. The summed E-state index contributed by atoms with van der Waals surface area (Å²) < 4.78 is 361. The molecule has 0 aliphatic heterocycles. The molecule has 0 aliphatic rings. The zero-order valence-electron chi connectivity index (χ0n) is 33.7. The van der Waals surface area contributed by atoms with Crippen LogP contribution in [-0.4, -0.2) is 59.7 Å². The Kier molecular flexibility index (Phi) is 12.8. The fourth-order valence-electron chi connectivity index (χ4n) is 7.00. The van der Waals surface area contributed by atoms with Gasteiger partial charge in [-0.1, -0.05) is 48.5 Å². The van der Waals surface area contributed by atoms with Crippen molar-refractivity contribution in [2.45, 2.75) is 71.6 Å². The maximum atomic E-state index is 15.1. The maximum absolute atomic E-state index is 15.1. The molecule has 4 heterocycles. The second kappa shape index (κ2) is 16.8. The molecule has 72 heavy (non-hydrogen) atoms. The summed E-state index contributed by atoms with van der Waals surface area (Å²) in [4.78, 5) is -4.90. The Morgan fingerprint density at radius 1 is 0.222 bits per heavy atom. The van der Waals surface area contributed by atoms with Gasteiger partial charge < -0.3 is 0 Å². The third-order valence-electron chi connectivity index (χ3n) is 10.8. The smallest absolute Gasteiger partial charge is 0.193 e. The van der Waals surface area contributed by atoms with E-state index in [-0.39, 0.29) is 31.6 Å². The fraction of sp³-hybridized carbons (Fsp3) is 0.286. The fourth-order valence-corrected chi connectivity index (χ4v) is 11.4. The standard InChI is InChI=1S/C42H16F26S4/c43-31(44,33(47,48)35(51,52)37(55,56)39(59,60)41(63,64)65)27-15-13-23(71-27)21-9-11-25(69-21)29-17-5-1-2-6-18(17)30(20-8-4-3-7-19(20)29)26-12-10-22(70-26)24-14-16-28(72-24)32(45,46)34(49,50)36(53,54)38(57,58)40(61,62)42(66,67)68/h1-16H. The van der Waals surface area contributed by atoms with Crippen LogP contribution in [0, 0.1) is 0 Å². The monoisotopic (exact) mass is 1140 g/mol. The zero-order valence-corrected chi connectivity index (χ0v) is 37.0. The lowest BCUT2D eigenvalue weighted by molar-refractivity contribution is -0.441. The highest BCUT2D eigenvalue weighted by atomic mass is 32.1. The van der Waals surface area contributed by atoms with E-state index in [1.54, 1.807) is 0 Å². The van der Waals surface area contributed by atoms with Crippen LogP contribution < -0.4 is 0 Å². The first-order valence-electron chi connectivity index (χ1n) is 18.8. The van der Waals surface area contributed by atoms with Gasteiger partial charge >= 0.3 is 71.6 Å². The quantitative estimate of drug-likeness (QED) is 0.0752. The van der Waals surface area contributed by atoms with E-state index in [1.807, 2.05) is 0 Å². The summed E-state index contributed by atoms with van der Waals surface area (Å²) in [5.41, 5.74) is 0.695. The van der Waals surface area contributed by atoms with Gasteiger partial charge in [-0.3, -0.25) is 0 Å². The summed E-state index contributed by atoms with van der Waals surface area (Å²) in [6, 6.07) is 18.6. The Labute approximate surface area is 398 Å². The first kappa shape index (κ1) is 54.9. The molecule has 4 aromatic heterocycles. The van der Waals surface area contributed by atoms with E-state index in [0.29, 0.717) is 44.8 Å². The molecule has 7 rings (SSSR count). The lowest BCUT2D eigenvalue weighted by Crippen LogP contribution is -2.69. The van der Waals surface area contributed by atoms with Crippen molar-refractivity contribution in [2.24, 2.45) is 0 Å². The minimum atomic E-state index is -8.10. The van der Waals surface area contributed by atoms with Gasteiger partial charge in [0.2, 0.25) is 0 Å². The molecule has 0 spiro atoms. The summed E-state index contributed by atoms with van der Waals surface area (Å²) in [7, 11) is 0. The molecule has 0 aliphatic carbocycles. The van der Waals surface area contributed by atoms with Crippen LogP contribution in [0.4, 0.5) is 114 Å². The molecule has 7 aromatic rings. The normalized spacial score (nSPS) is 14.8. The summed E-state index contributed by atoms with van der Waals surface area (Å²) in [5, 5.41) is 1.45. The minimum Gasteiger partial charge on any atom is -0.193 e. The predicted molar refractivity (Wildman–Crippen MR) is 214 cm³/mol. The molecule has 390 valence electrons. The van der Waals surface area contributed by atoms with Gasteiger partial charge in [0.05, 0.1) is 9.75 Å². The van der Waals surface area contributed by atoms with E-state index >= 15 is 17.6 Å². The van der Waals surface area contributed by atoms with Crippen molar-refractivity contribution in [3.8, 4) is 40.4 Å². The van der Waals surface area contributed by atoms with E-state index in [1.165, 1.54) is 72.8 Å². The molecule has 0 amide bonds. The van der Waals surface area contributed by atoms with Crippen LogP contribution in [0.1, 0.15) is 9.75 Å². The highest BCUT2D eigenvalue weighted by Gasteiger charge is 2.92. The molecule has 0 N–H and O–H groups in total. The molecule has 0 bridgehead atoms. The highest BCUT2D eigenvalue weighted by Crippen LogP contribution is 2.65. The first-order chi connectivity index (χ1) is 32.6. The molecule has 0 fully saturated rings. The van der Waals surface area contributed by atoms with Gasteiger partial charge in [-0.15, -0.1) is 45.3 Å². The summed E-state index contributed by atoms with van der Waals surface area (Å²) >= 11 is 0.601. The molecule has 0 saturated heterocycles. The third-order valence-corrected chi connectivity index (χ3v) is 15.7. The average molecular weight is 1140 g/mol. The van der Waals surface area contributed by atoms with Crippen molar-refractivity contribution >= 4 is 66.9 Å². The Hall–Kier alpha value is -4.84. The number of fused-ring (bicyclic) bond motifs is 2. The maximum Gasteiger partial charge on any atom is 0.460 e. The number of benzene rings is 3. The van der Waals surface area contributed by atoms with Gasteiger partial charge in [-0.25, -0.2) is 0 Å². The number of hydrogen-bond donors (Lipinski definition) is 0. The van der Waals surface area contributed by atoms with Crippen LogP contribution in [0.5, 0.6) is 0 Å². The van der Waals surface area contributed by atoms with Crippen molar-refractivity contribution in [1.29, 1.82) is 0 Å². The van der Waals surface area contributed by atoms with E-state index < -0.39 is 114 Å². The van der Waals surface area contributed by atoms with Crippen LogP contribution in [0.25, 0.3) is 61.9 Å². The van der Waals surface area contributed by atoms with Gasteiger partial charge in [0.15, 0.2) is 0 Å². The SMILES string of the molecule is FC(F)(F)C(F)(F)C(F)(F)C(F)(F)C(F)(F)C(F)(F)c1ccc(-c2ccc(-c3c4ccccc4c(-c4ccc(-c5ccc(C(F)(F)C(F)(F)C(F)(F)C(F)(F)C(F)(F)C(F)(F)F)s5)s4)c4ccccc34)s2)s1. The molecular weight excluding hydrogens is 1130 g/mol. The topological polar surface area (TPSA) is 0 Å². The van der Waals surface area contributed by atoms with Crippen molar-refractivity contribution in [3.05, 3.63) is 107 Å².